The van der Waals surface area contributed by atoms with Crippen molar-refractivity contribution in [2.45, 2.75) is 70.4 Å². The Labute approximate surface area is 248 Å². The van der Waals surface area contributed by atoms with E-state index in [0.717, 1.165) is 16.5 Å². The number of hydrogen-bond acceptors (Lipinski definition) is 10. The number of aliphatic hydroxyl groups is 3. The number of benzene rings is 2. The zero-order chi connectivity index (χ0) is 31.3. The lowest BCUT2D eigenvalue weighted by atomic mass is 9.99. The second-order valence-electron chi connectivity index (χ2n) is 11.2. The lowest BCUT2D eigenvalue weighted by Gasteiger charge is -2.39. The fraction of sp³-hybridized carbons (Fsp3) is 0.433. The molecule has 13 nitrogen and oxygen atoms in total. The number of fused-ring (bicyclic) bond motifs is 1. The molecule has 1 fully saturated rings. The molecule has 13 heteroatoms. The summed E-state index contributed by atoms with van der Waals surface area (Å²) in [6.07, 6.45) is -5.87. The molecule has 3 aromatic rings. The van der Waals surface area contributed by atoms with E-state index in [2.05, 4.69) is 15.6 Å². The smallest absolute Gasteiger partial charge is 0.412 e. The molecule has 4 rings (SSSR count). The van der Waals surface area contributed by atoms with Gasteiger partial charge in [-0.05, 0) is 63.1 Å². The van der Waals surface area contributed by atoms with Gasteiger partial charge < -0.3 is 44.6 Å². The zero-order valence-corrected chi connectivity index (χ0v) is 24.3. The van der Waals surface area contributed by atoms with Crippen molar-refractivity contribution in [3.63, 3.8) is 0 Å². The Kier molecular flexibility index (Phi) is 9.91. The predicted molar refractivity (Wildman–Crippen MR) is 155 cm³/mol. The molecule has 2 heterocycles. The van der Waals surface area contributed by atoms with Gasteiger partial charge in [0.15, 0.2) is 0 Å². The Morgan fingerprint density at radius 3 is 2.49 bits per heavy atom. The summed E-state index contributed by atoms with van der Waals surface area (Å²) in [7, 11) is 0. The van der Waals surface area contributed by atoms with Crippen LogP contribution in [0.4, 0.5) is 10.5 Å². The van der Waals surface area contributed by atoms with Crippen LogP contribution in [0, 0.1) is 0 Å². The third-order valence-corrected chi connectivity index (χ3v) is 6.59. The van der Waals surface area contributed by atoms with Gasteiger partial charge in [0.25, 0.3) is 0 Å². The van der Waals surface area contributed by atoms with Gasteiger partial charge in [-0.2, -0.15) is 0 Å². The molecule has 5 atom stereocenters. The number of amides is 2. The predicted octanol–water partition coefficient (Wildman–Crippen LogP) is 2.24. The third kappa shape index (κ3) is 8.23. The van der Waals surface area contributed by atoms with E-state index in [1.54, 1.807) is 51.1 Å². The highest BCUT2D eigenvalue weighted by Gasteiger charge is 2.45. The van der Waals surface area contributed by atoms with Crippen LogP contribution in [0.25, 0.3) is 10.9 Å². The molecule has 1 saturated heterocycles. The number of esters is 1. The van der Waals surface area contributed by atoms with E-state index in [1.807, 2.05) is 6.20 Å². The third-order valence-electron chi connectivity index (χ3n) is 6.59. The van der Waals surface area contributed by atoms with Gasteiger partial charge in [0.2, 0.25) is 12.2 Å². The highest BCUT2D eigenvalue weighted by atomic mass is 16.7. The van der Waals surface area contributed by atoms with Crippen LogP contribution in [-0.2, 0) is 25.4 Å². The van der Waals surface area contributed by atoms with Crippen LogP contribution in [0.5, 0.6) is 5.75 Å². The molecule has 43 heavy (non-hydrogen) atoms. The van der Waals surface area contributed by atoms with Crippen molar-refractivity contribution in [3.05, 3.63) is 59.8 Å². The molecular formula is C30H37N3O10. The summed E-state index contributed by atoms with van der Waals surface area (Å²) in [4.78, 5) is 39.5. The van der Waals surface area contributed by atoms with E-state index in [-0.39, 0.29) is 17.2 Å². The highest BCUT2D eigenvalue weighted by molar-refractivity contribution is 5.99. The Morgan fingerprint density at radius 2 is 1.77 bits per heavy atom. The van der Waals surface area contributed by atoms with E-state index >= 15 is 0 Å². The molecule has 2 aromatic carbocycles. The van der Waals surface area contributed by atoms with Gasteiger partial charge >= 0.3 is 12.1 Å². The summed E-state index contributed by atoms with van der Waals surface area (Å²) >= 11 is 0. The van der Waals surface area contributed by atoms with E-state index in [1.165, 1.54) is 19.1 Å². The summed E-state index contributed by atoms with van der Waals surface area (Å²) in [6, 6.07) is 11.3. The van der Waals surface area contributed by atoms with Crippen molar-refractivity contribution in [1.82, 2.24) is 10.3 Å². The minimum Gasteiger partial charge on any atom is -0.462 e. The van der Waals surface area contributed by atoms with Crippen molar-refractivity contribution < 1.29 is 48.7 Å². The van der Waals surface area contributed by atoms with Crippen LogP contribution in [0.2, 0.25) is 0 Å². The standard InChI is InChI=1S/C30H37N3O10/c1-16(34)31-12-11-17-14-32-21-10-9-18(13-20(17)21)41-28-26(37)25(36)24(35)23(42-28)15-40-27(38)19-7-5-6-8-22(19)33-29(39)43-30(2,3)4/h5-10,13-14,23-26,28,32,35-37H,11-12,15H2,1-4H3,(H,31,34)(H,33,39)/t23-,24-,25+,26-,28-/m1/s1. The van der Waals surface area contributed by atoms with E-state index in [9.17, 15) is 29.7 Å². The summed E-state index contributed by atoms with van der Waals surface area (Å²) in [5, 5.41) is 37.7. The molecule has 6 N–H and O–H groups in total. The van der Waals surface area contributed by atoms with E-state index in [0.29, 0.717) is 18.7 Å². The number of hydrogen-bond donors (Lipinski definition) is 6. The Hall–Kier alpha value is -4.17. The number of anilines is 1. The molecule has 1 aliphatic heterocycles. The number of nitrogens with one attached hydrogen (secondary N) is 3. The average molecular weight is 600 g/mol. The van der Waals surface area contributed by atoms with Crippen molar-refractivity contribution in [2.24, 2.45) is 0 Å². The molecule has 0 saturated carbocycles. The first-order chi connectivity index (χ1) is 20.3. The van der Waals surface area contributed by atoms with Crippen molar-refractivity contribution in [3.8, 4) is 5.75 Å². The summed E-state index contributed by atoms with van der Waals surface area (Å²) in [6.45, 7) is 6.52. The number of ether oxygens (including phenoxy) is 4. The molecule has 0 spiro atoms. The maximum absolute atomic E-state index is 12.9. The molecule has 232 valence electrons. The minimum atomic E-state index is -1.66. The Bertz CT molecular complexity index is 1450. The number of para-hydroxylation sites is 1. The molecule has 0 bridgehead atoms. The fourth-order valence-corrected chi connectivity index (χ4v) is 4.52. The maximum atomic E-state index is 12.9. The summed E-state index contributed by atoms with van der Waals surface area (Å²) in [5.74, 6) is -0.640. The van der Waals surface area contributed by atoms with Crippen LogP contribution in [0.15, 0.2) is 48.7 Å². The zero-order valence-electron chi connectivity index (χ0n) is 24.3. The molecule has 1 aliphatic rings. The van der Waals surface area contributed by atoms with Gasteiger partial charge in [0.05, 0.1) is 11.3 Å². The van der Waals surface area contributed by atoms with Crippen LogP contribution < -0.4 is 15.4 Å². The van der Waals surface area contributed by atoms with Gasteiger partial charge in [-0.3, -0.25) is 10.1 Å². The van der Waals surface area contributed by atoms with Gasteiger partial charge in [-0.25, -0.2) is 9.59 Å². The van der Waals surface area contributed by atoms with Crippen molar-refractivity contribution in [2.75, 3.05) is 18.5 Å². The number of carbonyl (C=O) groups is 3. The lowest BCUT2D eigenvalue weighted by Crippen LogP contribution is -2.60. The van der Waals surface area contributed by atoms with Gasteiger partial charge in [-0.1, -0.05) is 12.1 Å². The van der Waals surface area contributed by atoms with Crippen molar-refractivity contribution >= 4 is 34.6 Å². The fourth-order valence-electron chi connectivity index (χ4n) is 4.52. The lowest BCUT2D eigenvalue weighted by molar-refractivity contribution is -0.277. The first-order valence-corrected chi connectivity index (χ1v) is 13.8. The largest absolute Gasteiger partial charge is 0.462 e. The molecule has 2 amide bonds. The number of H-pyrrole nitrogens is 1. The highest BCUT2D eigenvalue weighted by Crippen LogP contribution is 2.29. The number of carbonyl (C=O) groups excluding carboxylic acids is 3. The average Bonchev–Trinajstić information content (AvgIpc) is 3.33. The van der Waals surface area contributed by atoms with Crippen LogP contribution in [-0.4, -0.2) is 87.7 Å². The Morgan fingerprint density at radius 1 is 1.02 bits per heavy atom. The number of rotatable bonds is 9. The monoisotopic (exact) mass is 599 g/mol. The van der Waals surface area contributed by atoms with Crippen LogP contribution in [0.3, 0.4) is 0 Å². The van der Waals surface area contributed by atoms with Crippen LogP contribution >= 0.6 is 0 Å². The molecule has 0 aliphatic carbocycles. The number of aromatic nitrogens is 1. The van der Waals surface area contributed by atoms with E-state index in [4.69, 9.17) is 18.9 Å². The number of aliphatic hydroxyl groups excluding tert-OH is 3. The number of aromatic amines is 1. The maximum Gasteiger partial charge on any atom is 0.412 e. The molecule has 0 unspecified atom stereocenters. The van der Waals surface area contributed by atoms with Gasteiger partial charge in [-0.15, -0.1) is 0 Å². The second-order valence-corrected chi connectivity index (χ2v) is 11.2. The first-order valence-electron chi connectivity index (χ1n) is 13.8. The molecule has 0 radical (unpaired) electrons. The van der Waals surface area contributed by atoms with Crippen LogP contribution in [0.1, 0.15) is 43.6 Å². The SMILES string of the molecule is CC(=O)NCCc1c[nH]c2ccc(O[C@@H]3O[C@H](COC(=O)c4ccccc4NC(=O)OC(C)(C)C)[C@@H](O)[C@H](O)[C@H]3O)cc12. The first kappa shape index (κ1) is 31.8. The normalized spacial score (nSPS) is 22.1. The minimum absolute atomic E-state index is 0.0288. The topological polar surface area (TPSA) is 189 Å². The quantitative estimate of drug-likeness (QED) is 0.199. The van der Waals surface area contributed by atoms with Gasteiger partial charge in [0, 0.05) is 30.6 Å². The summed E-state index contributed by atoms with van der Waals surface area (Å²) < 4.78 is 22.2. The second kappa shape index (κ2) is 13.4. The van der Waals surface area contributed by atoms with Crippen molar-refractivity contribution in [1.29, 1.82) is 0 Å². The molecule has 1 aromatic heterocycles. The Balaban J connectivity index is 1.42. The summed E-state index contributed by atoms with van der Waals surface area (Å²) in [5.41, 5.74) is 1.20. The molecular weight excluding hydrogens is 562 g/mol. The van der Waals surface area contributed by atoms with Gasteiger partial charge in [0.1, 0.15) is 42.4 Å². The van der Waals surface area contributed by atoms with E-state index < -0.39 is 55.0 Å².